The lowest BCUT2D eigenvalue weighted by molar-refractivity contribution is -0.161. The van der Waals surface area contributed by atoms with Gasteiger partial charge in [-0.1, -0.05) is 318 Å². The summed E-state index contributed by atoms with van der Waals surface area (Å²) in [4.78, 5) is 72.4. The number of unbranched alkanes of at least 4 members (excludes halogenated alkanes) is 41. The minimum absolute atomic E-state index is 0.103. The molecular weight excluding hydrogens is 1200 g/mol. The molecule has 0 saturated carbocycles. The number of carbonyl (C=O) groups is 4. The largest absolute Gasteiger partial charge is 0.472 e. The summed E-state index contributed by atoms with van der Waals surface area (Å²) >= 11 is 0. The number of aliphatic hydroxyl groups is 1. The third-order valence-corrected chi connectivity index (χ3v) is 18.6. The van der Waals surface area contributed by atoms with E-state index >= 15 is 0 Å². The predicted octanol–water partition coefficient (Wildman–Crippen LogP) is 20.8. The zero-order chi connectivity index (χ0) is 67.2. The van der Waals surface area contributed by atoms with Crippen molar-refractivity contribution < 1.29 is 80.2 Å². The molecule has 0 saturated heterocycles. The normalized spacial score (nSPS) is 14.1. The van der Waals surface area contributed by atoms with Crippen molar-refractivity contribution in [2.45, 2.75) is 387 Å². The van der Waals surface area contributed by atoms with Crippen molar-refractivity contribution in [3.8, 4) is 0 Å². The van der Waals surface area contributed by atoms with Gasteiger partial charge in [0.05, 0.1) is 26.4 Å². The minimum Gasteiger partial charge on any atom is -0.462 e. The van der Waals surface area contributed by atoms with E-state index in [0.717, 1.165) is 109 Å². The molecule has 0 aromatic heterocycles. The van der Waals surface area contributed by atoms with Crippen molar-refractivity contribution >= 4 is 39.5 Å². The van der Waals surface area contributed by atoms with E-state index in [1.807, 2.05) is 0 Å². The average Bonchev–Trinajstić information content (AvgIpc) is 3.70. The maximum absolute atomic E-state index is 13.0. The number of hydrogen-bond acceptors (Lipinski definition) is 15. The van der Waals surface area contributed by atoms with E-state index in [4.69, 9.17) is 37.0 Å². The van der Waals surface area contributed by atoms with Gasteiger partial charge in [0.25, 0.3) is 0 Å². The monoisotopic (exact) mass is 1340 g/mol. The van der Waals surface area contributed by atoms with E-state index in [9.17, 15) is 43.2 Å². The van der Waals surface area contributed by atoms with Crippen molar-refractivity contribution in [1.29, 1.82) is 0 Å². The summed E-state index contributed by atoms with van der Waals surface area (Å²) in [5, 5.41) is 10.6. The molecule has 0 aliphatic heterocycles. The third-order valence-electron chi connectivity index (χ3n) is 16.7. The molecular formula is C72H140O17P2. The average molecular weight is 1340 g/mol. The van der Waals surface area contributed by atoms with Gasteiger partial charge in [-0.2, -0.15) is 0 Å². The molecule has 5 atom stereocenters. The van der Waals surface area contributed by atoms with Gasteiger partial charge in [-0.05, 0) is 37.5 Å². The van der Waals surface area contributed by atoms with Crippen LogP contribution in [0.5, 0.6) is 0 Å². The molecule has 2 unspecified atom stereocenters. The van der Waals surface area contributed by atoms with Gasteiger partial charge >= 0.3 is 39.5 Å². The molecule has 19 heteroatoms. The second-order valence-electron chi connectivity index (χ2n) is 26.9. The van der Waals surface area contributed by atoms with E-state index in [1.54, 1.807) is 0 Å². The Morgan fingerprint density at radius 3 is 0.747 bits per heavy atom. The van der Waals surface area contributed by atoms with E-state index in [0.29, 0.717) is 31.6 Å². The molecule has 3 N–H and O–H groups in total. The number of ether oxygens (including phenoxy) is 4. The van der Waals surface area contributed by atoms with Crippen molar-refractivity contribution in [3.05, 3.63) is 0 Å². The number of phosphoric acid groups is 2. The molecule has 0 amide bonds. The summed E-state index contributed by atoms with van der Waals surface area (Å²) in [6, 6.07) is 0. The van der Waals surface area contributed by atoms with Crippen LogP contribution in [-0.2, 0) is 65.4 Å². The Morgan fingerprint density at radius 1 is 0.297 bits per heavy atom. The van der Waals surface area contributed by atoms with Crippen LogP contribution in [0.25, 0.3) is 0 Å². The summed E-state index contributed by atoms with van der Waals surface area (Å²) < 4.78 is 68.2. The maximum atomic E-state index is 13.0. The summed E-state index contributed by atoms with van der Waals surface area (Å²) in [6.07, 6.45) is 50.3. The molecule has 0 aromatic carbocycles. The molecule has 0 aromatic rings. The highest BCUT2D eigenvalue weighted by Gasteiger charge is 2.30. The number of rotatable bonds is 71. The summed E-state index contributed by atoms with van der Waals surface area (Å²) in [5.41, 5.74) is 0. The van der Waals surface area contributed by atoms with Crippen molar-refractivity contribution in [3.63, 3.8) is 0 Å². The third kappa shape index (κ3) is 66.5. The van der Waals surface area contributed by atoms with Crippen LogP contribution < -0.4 is 0 Å². The summed E-state index contributed by atoms with van der Waals surface area (Å²) in [5.74, 6) is -0.612. The molecule has 0 heterocycles. The second kappa shape index (κ2) is 64.1. The van der Waals surface area contributed by atoms with Gasteiger partial charge < -0.3 is 33.8 Å². The Bertz CT molecular complexity index is 1770. The molecule has 0 bridgehead atoms. The van der Waals surface area contributed by atoms with Crippen LogP contribution in [0, 0.1) is 11.8 Å². The van der Waals surface area contributed by atoms with Crippen LogP contribution in [0.4, 0.5) is 0 Å². The van der Waals surface area contributed by atoms with Crippen molar-refractivity contribution in [2.24, 2.45) is 11.8 Å². The SMILES string of the molecule is CCCCCCCCCCCCCCCC(=O)OC[C@H](COP(=O)(O)OC[C@@H](O)COP(=O)(O)OC[C@@H](COC(=O)CCCCCCCCC)OC(=O)CCCCCCCCCC(C)C)OC(=O)CCCCCCCCCCCCCCCCCCCCC(C)C. The molecule has 0 aliphatic carbocycles. The molecule has 91 heavy (non-hydrogen) atoms. The fraction of sp³-hybridized carbons (Fsp3) is 0.944. The first kappa shape index (κ1) is 89.1. The Morgan fingerprint density at radius 2 is 0.505 bits per heavy atom. The van der Waals surface area contributed by atoms with E-state index in [-0.39, 0.29) is 25.7 Å². The maximum Gasteiger partial charge on any atom is 0.472 e. The lowest BCUT2D eigenvalue weighted by Gasteiger charge is -2.21. The minimum atomic E-state index is -4.95. The molecule has 0 radical (unpaired) electrons. The zero-order valence-corrected chi connectivity index (χ0v) is 60.9. The van der Waals surface area contributed by atoms with Crippen LogP contribution in [0.1, 0.15) is 369 Å². The van der Waals surface area contributed by atoms with Crippen LogP contribution >= 0.6 is 15.6 Å². The Kier molecular flexibility index (Phi) is 62.7. The standard InChI is InChI=1S/C72H140O17P2/c1-7-9-11-13-15-16-17-24-28-31-37-43-49-55-70(75)83-61-68(88-71(76)56-50-44-38-32-29-26-23-21-19-18-20-22-25-27-30-35-40-46-52-64(3)4)63-87-91(80,81)85-59-66(73)58-84-90(78,79)86-62-67(60-82-69(74)54-48-42-34-14-12-10-8-2)89-72(77)57-51-45-39-33-36-41-47-53-65(5)6/h64-68,73H,7-63H2,1-6H3,(H,78,79)(H,80,81)/t66-,67+,68+/m0/s1. The smallest absolute Gasteiger partial charge is 0.462 e. The summed E-state index contributed by atoms with van der Waals surface area (Å²) in [7, 11) is -9.90. The van der Waals surface area contributed by atoms with Gasteiger partial charge in [0, 0.05) is 25.7 Å². The van der Waals surface area contributed by atoms with Gasteiger partial charge in [-0.15, -0.1) is 0 Å². The van der Waals surface area contributed by atoms with E-state index in [2.05, 4.69) is 41.5 Å². The molecule has 0 spiro atoms. The topological polar surface area (TPSA) is 237 Å². The first-order valence-electron chi connectivity index (χ1n) is 37.5. The fourth-order valence-electron chi connectivity index (χ4n) is 10.9. The molecule has 0 rings (SSSR count). The quantitative estimate of drug-likeness (QED) is 0.0222. The number of carbonyl (C=O) groups excluding carboxylic acids is 4. The molecule has 0 aliphatic rings. The number of aliphatic hydroxyl groups excluding tert-OH is 1. The Hall–Kier alpha value is -1.94. The number of hydrogen-bond donors (Lipinski definition) is 3. The van der Waals surface area contributed by atoms with E-state index < -0.39 is 97.5 Å². The van der Waals surface area contributed by atoms with Gasteiger partial charge in [-0.25, -0.2) is 9.13 Å². The van der Waals surface area contributed by atoms with Crippen LogP contribution in [0.2, 0.25) is 0 Å². The van der Waals surface area contributed by atoms with Crippen LogP contribution in [-0.4, -0.2) is 96.7 Å². The fourth-order valence-corrected chi connectivity index (χ4v) is 12.5. The molecule has 540 valence electrons. The highest BCUT2D eigenvalue weighted by molar-refractivity contribution is 7.47. The molecule has 0 fully saturated rings. The van der Waals surface area contributed by atoms with Gasteiger partial charge in [0.1, 0.15) is 19.3 Å². The number of esters is 4. The van der Waals surface area contributed by atoms with Gasteiger partial charge in [-0.3, -0.25) is 37.3 Å². The van der Waals surface area contributed by atoms with Crippen molar-refractivity contribution in [2.75, 3.05) is 39.6 Å². The molecule has 17 nitrogen and oxygen atoms in total. The highest BCUT2D eigenvalue weighted by Crippen LogP contribution is 2.45. The van der Waals surface area contributed by atoms with Crippen LogP contribution in [0.15, 0.2) is 0 Å². The van der Waals surface area contributed by atoms with Gasteiger partial charge in [0.2, 0.25) is 0 Å². The predicted molar refractivity (Wildman–Crippen MR) is 368 cm³/mol. The van der Waals surface area contributed by atoms with E-state index in [1.165, 1.54) is 173 Å². The zero-order valence-electron chi connectivity index (χ0n) is 59.1. The lowest BCUT2D eigenvalue weighted by Crippen LogP contribution is -2.30. The van der Waals surface area contributed by atoms with Gasteiger partial charge in [0.15, 0.2) is 12.2 Å². The Balaban J connectivity index is 5.15. The first-order valence-corrected chi connectivity index (χ1v) is 40.5. The first-order chi connectivity index (χ1) is 43.9. The van der Waals surface area contributed by atoms with Crippen LogP contribution in [0.3, 0.4) is 0 Å². The Labute approximate surface area is 556 Å². The second-order valence-corrected chi connectivity index (χ2v) is 29.8. The summed E-state index contributed by atoms with van der Waals surface area (Å²) in [6.45, 7) is 9.49. The number of phosphoric ester groups is 2. The lowest BCUT2D eigenvalue weighted by atomic mass is 10.0. The highest BCUT2D eigenvalue weighted by atomic mass is 31.2. The van der Waals surface area contributed by atoms with Crippen molar-refractivity contribution in [1.82, 2.24) is 0 Å².